The summed E-state index contributed by atoms with van der Waals surface area (Å²) in [6, 6.07) is 0. The van der Waals surface area contributed by atoms with E-state index in [0.29, 0.717) is 5.92 Å². The van der Waals surface area contributed by atoms with Crippen LogP contribution in [0.4, 0.5) is 0 Å². The third-order valence-corrected chi connectivity index (χ3v) is 4.19. The van der Waals surface area contributed by atoms with Crippen LogP contribution in [-0.2, 0) is 0 Å². The zero-order chi connectivity index (χ0) is 11.4. The maximum Gasteiger partial charge on any atom is 0.0316 e. The van der Waals surface area contributed by atoms with Crippen molar-refractivity contribution in [1.29, 1.82) is 0 Å². The van der Waals surface area contributed by atoms with E-state index in [0.717, 1.165) is 18.5 Å². The van der Waals surface area contributed by atoms with Crippen molar-refractivity contribution in [2.75, 3.05) is 0 Å². The molecule has 1 atom stereocenters. The maximum absolute atomic E-state index is 5.99. The van der Waals surface area contributed by atoms with Gasteiger partial charge in [-0.1, -0.05) is 29.9 Å². The molecule has 4 aliphatic rings. The zero-order valence-corrected chi connectivity index (χ0v) is 9.74. The van der Waals surface area contributed by atoms with Gasteiger partial charge < -0.3 is 5.73 Å². The van der Waals surface area contributed by atoms with Crippen LogP contribution in [-0.4, -0.2) is 0 Å². The standard InChI is InChI=1S/C16H15N/c17-14-8-12-6-4-10-2-1-3-11-5-7-13(9-14)16(12)15(10)11/h1-2,5,7-9,16H,3-4,6,17H2. The van der Waals surface area contributed by atoms with Gasteiger partial charge in [0, 0.05) is 11.6 Å². The first-order chi connectivity index (χ1) is 8.33. The number of hydrogen-bond acceptors (Lipinski definition) is 1. The van der Waals surface area contributed by atoms with Crippen molar-refractivity contribution in [1.82, 2.24) is 0 Å². The minimum atomic E-state index is 0.510. The molecule has 0 aromatic rings. The molecule has 0 aromatic heterocycles. The first-order valence-corrected chi connectivity index (χ1v) is 6.31. The Morgan fingerprint density at radius 3 is 3.00 bits per heavy atom. The van der Waals surface area contributed by atoms with Crippen LogP contribution in [0.1, 0.15) is 19.3 Å². The summed E-state index contributed by atoms with van der Waals surface area (Å²) in [7, 11) is 0. The lowest BCUT2D eigenvalue weighted by molar-refractivity contribution is 0.697. The molecule has 2 N–H and O–H groups in total. The van der Waals surface area contributed by atoms with Crippen LogP contribution in [0, 0.1) is 5.92 Å². The van der Waals surface area contributed by atoms with Crippen molar-refractivity contribution in [3.63, 3.8) is 0 Å². The minimum absolute atomic E-state index is 0.510. The lowest BCUT2D eigenvalue weighted by Gasteiger charge is -2.38. The highest BCUT2D eigenvalue weighted by Gasteiger charge is 2.34. The summed E-state index contributed by atoms with van der Waals surface area (Å²) >= 11 is 0. The van der Waals surface area contributed by atoms with Gasteiger partial charge in [-0.15, -0.1) is 0 Å². The Bertz CT molecular complexity index is 591. The molecule has 0 fully saturated rings. The van der Waals surface area contributed by atoms with Gasteiger partial charge in [0.15, 0.2) is 0 Å². The molecule has 0 saturated heterocycles. The molecule has 0 saturated carbocycles. The highest BCUT2D eigenvalue weighted by molar-refractivity contribution is 5.63. The van der Waals surface area contributed by atoms with Crippen molar-refractivity contribution < 1.29 is 0 Å². The summed E-state index contributed by atoms with van der Waals surface area (Å²) in [5.41, 5.74) is 14.4. The van der Waals surface area contributed by atoms with Crippen molar-refractivity contribution in [3.8, 4) is 0 Å². The van der Waals surface area contributed by atoms with E-state index in [1.807, 2.05) is 0 Å². The SMILES string of the molecule is NC1=CC2=CC=C3CC=CC4=C3C2C(=C1)CC4. The maximum atomic E-state index is 5.99. The largest absolute Gasteiger partial charge is 0.399 e. The third kappa shape index (κ3) is 1.20. The van der Waals surface area contributed by atoms with Gasteiger partial charge in [0.1, 0.15) is 0 Å². The molecule has 0 spiro atoms. The second kappa shape index (κ2) is 3.13. The van der Waals surface area contributed by atoms with E-state index in [4.69, 9.17) is 5.73 Å². The Morgan fingerprint density at radius 2 is 2.06 bits per heavy atom. The topological polar surface area (TPSA) is 26.0 Å². The summed E-state index contributed by atoms with van der Waals surface area (Å²) in [6.45, 7) is 0. The Hall–Kier alpha value is -1.76. The summed E-state index contributed by atoms with van der Waals surface area (Å²) in [5.74, 6) is 0.510. The molecule has 0 bridgehead atoms. The van der Waals surface area contributed by atoms with Crippen LogP contribution < -0.4 is 5.73 Å². The number of allylic oxidation sites excluding steroid dienone is 11. The van der Waals surface area contributed by atoms with Gasteiger partial charge in [-0.3, -0.25) is 0 Å². The highest BCUT2D eigenvalue weighted by Crippen LogP contribution is 2.49. The van der Waals surface area contributed by atoms with E-state index in [2.05, 4.69) is 36.5 Å². The molecular formula is C16H15N. The second-order valence-corrected chi connectivity index (χ2v) is 5.20. The smallest absolute Gasteiger partial charge is 0.0316 e. The van der Waals surface area contributed by atoms with Crippen LogP contribution in [0.25, 0.3) is 0 Å². The van der Waals surface area contributed by atoms with E-state index in [-0.39, 0.29) is 0 Å². The van der Waals surface area contributed by atoms with Gasteiger partial charge in [-0.05, 0) is 53.7 Å². The predicted molar refractivity (Wildman–Crippen MR) is 70.0 cm³/mol. The predicted octanol–water partition coefficient (Wildman–Crippen LogP) is 3.30. The summed E-state index contributed by atoms with van der Waals surface area (Å²) in [5, 5.41) is 0. The molecule has 1 heteroatoms. The normalized spacial score (nSPS) is 29.1. The first-order valence-electron chi connectivity index (χ1n) is 6.31. The van der Waals surface area contributed by atoms with E-state index in [1.54, 1.807) is 11.1 Å². The van der Waals surface area contributed by atoms with Crippen LogP contribution in [0.3, 0.4) is 0 Å². The van der Waals surface area contributed by atoms with E-state index in [9.17, 15) is 0 Å². The molecule has 17 heavy (non-hydrogen) atoms. The number of nitrogens with two attached hydrogens (primary N) is 1. The molecule has 0 heterocycles. The summed E-state index contributed by atoms with van der Waals surface area (Å²) in [4.78, 5) is 0. The molecular weight excluding hydrogens is 206 g/mol. The van der Waals surface area contributed by atoms with Crippen molar-refractivity contribution >= 4 is 0 Å². The van der Waals surface area contributed by atoms with Gasteiger partial charge in [-0.25, -0.2) is 0 Å². The van der Waals surface area contributed by atoms with Crippen LogP contribution in [0.2, 0.25) is 0 Å². The van der Waals surface area contributed by atoms with Gasteiger partial charge in [0.2, 0.25) is 0 Å². The van der Waals surface area contributed by atoms with Gasteiger partial charge >= 0.3 is 0 Å². The molecule has 1 nitrogen and oxygen atoms in total. The zero-order valence-electron chi connectivity index (χ0n) is 9.74. The fraction of sp³-hybridized carbons (Fsp3) is 0.250. The Labute approximate surface area is 101 Å². The Balaban J connectivity index is 1.99. The monoisotopic (exact) mass is 221 g/mol. The molecule has 84 valence electrons. The van der Waals surface area contributed by atoms with E-state index < -0.39 is 0 Å². The van der Waals surface area contributed by atoms with Gasteiger partial charge in [-0.2, -0.15) is 0 Å². The average molecular weight is 221 g/mol. The van der Waals surface area contributed by atoms with Gasteiger partial charge in [0.25, 0.3) is 0 Å². The van der Waals surface area contributed by atoms with Crippen molar-refractivity contribution in [2.45, 2.75) is 19.3 Å². The average Bonchev–Trinajstić information content (AvgIpc) is 2.35. The molecule has 0 radical (unpaired) electrons. The first kappa shape index (κ1) is 9.29. The molecule has 4 rings (SSSR count). The molecule has 0 aromatic carbocycles. The second-order valence-electron chi connectivity index (χ2n) is 5.20. The quantitative estimate of drug-likeness (QED) is 0.667. The Morgan fingerprint density at radius 1 is 1.12 bits per heavy atom. The summed E-state index contributed by atoms with van der Waals surface area (Å²) in [6.07, 6.45) is 16.9. The van der Waals surface area contributed by atoms with Crippen molar-refractivity contribution in [3.05, 3.63) is 70.0 Å². The van der Waals surface area contributed by atoms with Crippen LogP contribution in [0.5, 0.6) is 0 Å². The van der Waals surface area contributed by atoms with Gasteiger partial charge in [0.05, 0.1) is 0 Å². The van der Waals surface area contributed by atoms with Crippen LogP contribution in [0.15, 0.2) is 70.0 Å². The highest BCUT2D eigenvalue weighted by atomic mass is 14.6. The molecule has 0 amide bonds. The lowest BCUT2D eigenvalue weighted by Crippen LogP contribution is -2.24. The van der Waals surface area contributed by atoms with E-state index in [1.165, 1.54) is 23.1 Å². The van der Waals surface area contributed by atoms with Crippen LogP contribution >= 0.6 is 0 Å². The van der Waals surface area contributed by atoms with E-state index >= 15 is 0 Å². The number of hydrogen-bond donors (Lipinski definition) is 1. The fourth-order valence-corrected chi connectivity index (χ4v) is 3.50. The molecule has 0 aliphatic heterocycles. The number of rotatable bonds is 0. The summed E-state index contributed by atoms with van der Waals surface area (Å²) < 4.78 is 0. The van der Waals surface area contributed by atoms with Crippen molar-refractivity contribution in [2.24, 2.45) is 11.7 Å². The third-order valence-electron chi connectivity index (χ3n) is 4.19. The Kier molecular flexibility index (Phi) is 1.71. The fourth-order valence-electron chi connectivity index (χ4n) is 3.50. The molecule has 4 aliphatic carbocycles. The minimum Gasteiger partial charge on any atom is -0.399 e. The molecule has 1 unspecified atom stereocenters. The lowest BCUT2D eigenvalue weighted by atomic mass is 9.66.